The number of thiocarbonyl (C=S) groups is 1. The molecule has 0 saturated carbocycles. The van der Waals surface area contributed by atoms with E-state index >= 15 is 0 Å². The monoisotopic (exact) mass is 309 g/mol. The molecule has 0 aliphatic heterocycles. The zero-order valence-electron chi connectivity index (χ0n) is 11.1. The van der Waals surface area contributed by atoms with Gasteiger partial charge in [0.2, 0.25) is 0 Å². The van der Waals surface area contributed by atoms with Gasteiger partial charge in [0.15, 0.2) is 5.11 Å². The maximum absolute atomic E-state index is 12.0. The lowest BCUT2D eigenvalue weighted by Gasteiger charge is -2.11. The fourth-order valence-electron chi connectivity index (χ4n) is 1.54. The third kappa shape index (κ3) is 4.96. The summed E-state index contributed by atoms with van der Waals surface area (Å²) in [5.41, 5.74) is 1.70. The summed E-state index contributed by atoms with van der Waals surface area (Å²) in [5, 5.41) is 6.20. The van der Waals surface area contributed by atoms with Gasteiger partial charge in [-0.3, -0.25) is 0 Å². The van der Waals surface area contributed by atoms with Gasteiger partial charge in [-0.05, 0) is 55.0 Å². The van der Waals surface area contributed by atoms with E-state index in [1.165, 1.54) is 12.1 Å². The van der Waals surface area contributed by atoms with E-state index in [1.807, 2.05) is 19.1 Å². The molecule has 1 aromatic heterocycles. The molecule has 2 N–H and O–H groups in total. The number of hydrogen-bond donors (Lipinski definition) is 2. The molecular weight excluding hydrogens is 296 g/mol. The second-order valence-corrected chi connectivity index (χ2v) is 4.61. The highest BCUT2D eigenvalue weighted by Crippen LogP contribution is 2.17. The molecule has 0 fully saturated rings. The van der Waals surface area contributed by atoms with E-state index in [1.54, 1.807) is 18.3 Å². The Morgan fingerprint density at radius 3 is 2.43 bits per heavy atom. The highest BCUT2D eigenvalue weighted by Gasteiger charge is 2.04. The molecule has 4 nitrogen and oxygen atoms in total. The Hall–Kier alpha value is -2.28. The lowest BCUT2D eigenvalue weighted by Crippen LogP contribution is -2.19. The molecule has 0 radical (unpaired) electrons. The highest BCUT2D eigenvalue weighted by atomic mass is 32.1. The first kappa shape index (κ1) is 15.1. The Morgan fingerprint density at radius 2 is 1.86 bits per heavy atom. The van der Waals surface area contributed by atoms with E-state index < -0.39 is 6.61 Å². The van der Waals surface area contributed by atoms with Crippen molar-refractivity contribution in [1.82, 2.24) is 4.98 Å². The Kier molecular flexibility index (Phi) is 4.99. The van der Waals surface area contributed by atoms with Crippen LogP contribution in [-0.2, 0) is 0 Å². The molecule has 0 amide bonds. The molecule has 0 aliphatic rings. The van der Waals surface area contributed by atoms with Gasteiger partial charge in [0.05, 0.1) is 0 Å². The van der Waals surface area contributed by atoms with Crippen molar-refractivity contribution >= 4 is 28.8 Å². The van der Waals surface area contributed by atoms with Crippen LogP contribution in [0.15, 0.2) is 42.6 Å². The van der Waals surface area contributed by atoms with Crippen LogP contribution in [0.5, 0.6) is 5.75 Å². The normalized spacial score (nSPS) is 10.3. The van der Waals surface area contributed by atoms with Gasteiger partial charge in [-0.2, -0.15) is 8.78 Å². The number of ether oxygens (including phenoxy) is 1. The minimum atomic E-state index is -2.83. The number of anilines is 2. The summed E-state index contributed by atoms with van der Waals surface area (Å²) < 4.78 is 28.3. The molecular formula is C14H13F2N3OS. The average molecular weight is 309 g/mol. The zero-order valence-corrected chi connectivity index (χ0v) is 12.0. The van der Waals surface area contributed by atoms with Crippen molar-refractivity contribution in [2.24, 2.45) is 0 Å². The van der Waals surface area contributed by atoms with E-state index in [0.717, 1.165) is 5.56 Å². The van der Waals surface area contributed by atoms with E-state index in [2.05, 4.69) is 20.4 Å². The van der Waals surface area contributed by atoms with Crippen LogP contribution < -0.4 is 15.4 Å². The number of alkyl halides is 2. The minimum absolute atomic E-state index is 0.0922. The van der Waals surface area contributed by atoms with Gasteiger partial charge < -0.3 is 15.4 Å². The third-order valence-electron chi connectivity index (χ3n) is 2.49. The van der Waals surface area contributed by atoms with Gasteiger partial charge >= 0.3 is 6.61 Å². The molecule has 2 rings (SSSR count). The molecule has 0 atom stereocenters. The maximum Gasteiger partial charge on any atom is 0.387 e. The zero-order chi connectivity index (χ0) is 15.2. The minimum Gasteiger partial charge on any atom is -0.435 e. The Labute approximate surface area is 126 Å². The van der Waals surface area contributed by atoms with Gasteiger partial charge in [-0.15, -0.1) is 0 Å². The number of hydrogen-bond acceptors (Lipinski definition) is 3. The van der Waals surface area contributed by atoms with Crippen molar-refractivity contribution in [3.8, 4) is 5.75 Å². The number of aryl methyl sites for hydroxylation is 1. The van der Waals surface area contributed by atoms with Crippen LogP contribution in [0.4, 0.5) is 20.3 Å². The standard InChI is InChI=1S/C14H13F2N3OS/c1-9-2-7-12(17-8-9)19-14(21)18-10-3-5-11(6-4-10)20-13(15)16/h2-8,13H,1H3,(H2,17,18,19,21). The van der Waals surface area contributed by atoms with E-state index in [-0.39, 0.29) is 5.75 Å². The second kappa shape index (κ2) is 6.94. The first-order valence-corrected chi connectivity index (χ1v) is 6.49. The average Bonchev–Trinajstić information content (AvgIpc) is 2.43. The number of halogens is 2. The number of benzene rings is 1. The van der Waals surface area contributed by atoms with Crippen LogP contribution in [0.3, 0.4) is 0 Å². The summed E-state index contributed by atoms with van der Waals surface area (Å²) in [7, 11) is 0. The van der Waals surface area contributed by atoms with E-state index in [4.69, 9.17) is 12.2 Å². The van der Waals surface area contributed by atoms with Crippen LogP contribution >= 0.6 is 12.2 Å². The molecule has 21 heavy (non-hydrogen) atoms. The SMILES string of the molecule is Cc1ccc(NC(=S)Nc2ccc(OC(F)F)cc2)nc1. The Balaban J connectivity index is 1.91. The van der Waals surface area contributed by atoms with Gasteiger partial charge in [0.1, 0.15) is 11.6 Å². The fraction of sp³-hybridized carbons (Fsp3) is 0.143. The lowest BCUT2D eigenvalue weighted by molar-refractivity contribution is -0.0498. The number of rotatable bonds is 4. The quantitative estimate of drug-likeness (QED) is 0.841. The van der Waals surface area contributed by atoms with Gasteiger partial charge in [0.25, 0.3) is 0 Å². The summed E-state index contributed by atoms with van der Waals surface area (Å²) in [6.07, 6.45) is 1.72. The van der Waals surface area contributed by atoms with Crippen LogP contribution in [-0.4, -0.2) is 16.7 Å². The molecule has 0 bridgehead atoms. The molecule has 1 heterocycles. The maximum atomic E-state index is 12.0. The summed E-state index contributed by atoms with van der Waals surface area (Å²) in [6.45, 7) is -0.893. The van der Waals surface area contributed by atoms with Crippen molar-refractivity contribution in [2.75, 3.05) is 10.6 Å². The number of nitrogens with zero attached hydrogens (tertiary/aromatic N) is 1. The molecule has 1 aromatic carbocycles. The first-order chi connectivity index (χ1) is 10.0. The number of pyridine rings is 1. The van der Waals surface area contributed by atoms with Gasteiger partial charge in [0, 0.05) is 11.9 Å². The Morgan fingerprint density at radius 1 is 1.14 bits per heavy atom. The van der Waals surface area contributed by atoms with Crippen molar-refractivity contribution in [2.45, 2.75) is 13.5 Å². The number of aromatic nitrogens is 1. The predicted molar refractivity (Wildman–Crippen MR) is 81.9 cm³/mol. The van der Waals surface area contributed by atoms with Crippen molar-refractivity contribution < 1.29 is 13.5 Å². The summed E-state index contributed by atoms with van der Waals surface area (Å²) in [5.74, 6) is 0.713. The second-order valence-electron chi connectivity index (χ2n) is 4.20. The van der Waals surface area contributed by atoms with Gasteiger partial charge in [-0.25, -0.2) is 4.98 Å². The molecule has 2 aromatic rings. The molecule has 0 spiro atoms. The largest absolute Gasteiger partial charge is 0.435 e. The van der Waals surface area contributed by atoms with Crippen molar-refractivity contribution in [1.29, 1.82) is 0 Å². The van der Waals surface area contributed by atoms with Crippen LogP contribution in [0, 0.1) is 6.92 Å². The molecule has 110 valence electrons. The van der Waals surface area contributed by atoms with E-state index in [9.17, 15) is 8.78 Å². The highest BCUT2D eigenvalue weighted by molar-refractivity contribution is 7.80. The van der Waals surface area contributed by atoms with Crippen LogP contribution in [0.25, 0.3) is 0 Å². The van der Waals surface area contributed by atoms with Crippen LogP contribution in [0.1, 0.15) is 5.56 Å². The van der Waals surface area contributed by atoms with Crippen molar-refractivity contribution in [3.63, 3.8) is 0 Å². The molecule has 0 aliphatic carbocycles. The summed E-state index contributed by atoms with van der Waals surface area (Å²) in [4.78, 5) is 4.16. The van der Waals surface area contributed by atoms with Crippen LogP contribution in [0.2, 0.25) is 0 Å². The van der Waals surface area contributed by atoms with Gasteiger partial charge in [-0.1, -0.05) is 6.07 Å². The third-order valence-corrected chi connectivity index (χ3v) is 2.69. The molecule has 7 heteroatoms. The predicted octanol–water partition coefficient (Wildman–Crippen LogP) is 3.80. The Bertz CT molecular complexity index is 603. The topological polar surface area (TPSA) is 46.2 Å². The fourth-order valence-corrected chi connectivity index (χ4v) is 1.76. The first-order valence-electron chi connectivity index (χ1n) is 6.08. The van der Waals surface area contributed by atoms with E-state index in [0.29, 0.717) is 16.6 Å². The summed E-state index contributed by atoms with van der Waals surface area (Å²) in [6, 6.07) is 9.77. The summed E-state index contributed by atoms with van der Waals surface area (Å²) >= 11 is 5.14. The molecule has 0 saturated heterocycles. The smallest absolute Gasteiger partial charge is 0.387 e. The number of nitrogens with one attached hydrogen (secondary N) is 2. The van der Waals surface area contributed by atoms with Crippen molar-refractivity contribution in [3.05, 3.63) is 48.2 Å². The lowest BCUT2D eigenvalue weighted by atomic mass is 10.3. The molecule has 0 unspecified atom stereocenters.